The Morgan fingerprint density at radius 1 is 1.29 bits per heavy atom. The Balaban J connectivity index is 1.71. The molecular formula is C16H15F3N2O3. The first-order valence-corrected chi connectivity index (χ1v) is 7.37. The van der Waals surface area contributed by atoms with Crippen molar-refractivity contribution in [1.29, 1.82) is 0 Å². The van der Waals surface area contributed by atoms with Crippen molar-refractivity contribution in [3.8, 4) is 11.3 Å². The molecule has 0 spiro atoms. The molecule has 0 radical (unpaired) electrons. The second kappa shape index (κ2) is 6.27. The van der Waals surface area contributed by atoms with Crippen molar-refractivity contribution < 1.29 is 27.6 Å². The molecule has 1 aromatic carbocycles. The van der Waals surface area contributed by atoms with Crippen molar-refractivity contribution in [2.45, 2.75) is 12.7 Å². The number of halogens is 3. The van der Waals surface area contributed by atoms with Crippen LogP contribution in [0.2, 0.25) is 0 Å². The van der Waals surface area contributed by atoms with E-state index in [0.717, 1.165) is 5.56 Å². The monoisotopic (exact) mass is 340 g/mol. The maximum atomic E-state index is 13.0. The Bertz CT molecular complexity index is 715. The largest absolute Gasteiger partial charge is 0.481 e. The van der Waals surface area contributed by atoms with Crippen LogP contribution in [0.5, 0.6) is 0 Å². The van der Waals surface area contributed by atoms with Gasteiger partial charge < -0.3 is 9.63 Å². The topological polar surface area (TPSA) is 66.6 Å². The summed E-state index contributed by atoms with van der Waals surface area (Å²) in [4.78, 5) is 12.5. The van der Waals surface area contributed by atoms with Crippen LogP contribution >= 0.6 is 0 Å². The van der Waals surface area contributed by atoms with E-state index in [1.165, 1.54) is 4.90 Å². The van der Waals surface area contributed by atoms with E-state index in [9.17, 15) is 18.0 Å². The maximum absolute atomic E-state index is 13.0. The fraction of sp³-hybridized carbons (Fsp3) is 0.375. The summed E-state index contributed by atoms with van der Waals surface area (Å²) in [6.45, 7) is -0.432. The molecule has 8 heteroatoms. The van der Waals surface area contributed by atoms with Crippen LogP contribution in [-0.2, 0) is 11.3 Å². The minimum Gasteiger partial charge on any atom is -0.481 e. The van der Waals surface area contributed by atoms with Gasteiger partial charge in [0.05, 0.1) is 18.4 Å². The zero-order valence-electron chi connectivity index (χ0n) is 12.5. The summed E-state index contributed by atoms with van der Waals surface area (Å²) in [7, 11) is 0. The molecule has 5 nitrogen and oxygen atoms in total. The first kappa shape index (κ1) is 16.5. The van der Waals surface area contributed by atoms with E-state index in [1.54, 1.807) is 6.07 Å². The summed E-state index contributed by atoms with van der Waals surface area (Å²) in [5, 5.41) is 12.9. The molecule has 2 aromatic rings. The van der Waals surface area contributed by atoms with Gasteiger partial charge in [-0.3, -0.25) is 9.69 Å². The average molecular weight is 340 g/mol. The highest BCUT2D eigenvalue weighted by Gasteiger charge is 2.52. The van der Waals surface area contributed by atoms with Crippen LogP contribution in [-0.4, -0.2) is 40.4 Å². The quantitative estimate of drug-likeness (QED) is 0.927. The molecule has 2 heterocycles. The van der Waals surface area contributed by atoms with E-state index in [1.807, 2.05) is 30.3 Å². The number of carbonyl (C=O) groups is 1. The second-order valence-corrected chi connectivity index (χ2v) is 5.83. The summed E-state index contributed by atoms with van der Waals surface area (Å²) in [6.07, 6.45) is -4.53. The number of rotatable bonds is 4. The third-order valence-corrected chi connectivity index (χ3v) is 4.14. The predicted molar refractivity (Wildman–Crippen MR) is 77.9 cm³/mol. The zero-order chi connectivity index (χ0) is 17.3. The van der Waals surface area contributed by atoms with Crippen molar-refractivity contribution in [2.75, 3.05) is 13.1 Å². The van der Waals surface area contributed by atoms with Gasteiger partial charge in [-0.05, 0) is 0 Å². The minimum atomic E-state index is -4.53. The lowest BCUT2D eigenvalue weighted by Gasteiger charge is -2.18. The smallest absolute Gasteiger partial charge is 0.393 e. The maximum Gasteiger partial charge on any atom is 0.393 e. The van der Waals surface area contributed by atoms with E-state index in [-0.39, 0.29) is 19.6 Å². The molecular weight excluding hydrogens is 325 g/mol. The predicted octanol–water partition coefficient (Wildman–Crippen LogP) is 3.04. The molecule has 3 rings (SSSR count). The highest BCUT2D eigenvalue weighted by atomic mass is 19.4. The van der Waals surface area contributed by atoms with Crippen LogP contribution in [0.1, 0.15) is 5.76 Å². The first-order valence-electron chi connectivity index (χ1n) is 7.37. The Hall–Kier alpha value is -2.35. The standard InChI is InChI=1S/C16H15F3N2O3/c17-16(18,19)13-9-21(8-12(13)15(22)23)7-11-6-14(20-24-11)10-4-2-1-3-5-10/h1-6,12-13H,7-9H2,(H,22,23)/t12-,13-/m1/s1. The van der Waals surface area contributed by atoms with Gasteiger partial charge in [-0.25, -0.2) is 0 Å². The lowest BCUT2D eigenvalue weighted by molar-refractivity contribution is -0.188. The Morgan fingerprint density at radius 2 is 2.00 bits per heavy atom. The summed E-state index contributed by atoms with van der Waals surface area (Å²) in [5.74, 6) is -4.35. The third-order valence-electron chi connectivity index (χ3n) is 4.14. The molecule has 2 atom stereocenters. The van der Waals surface area contributed by atoms with Crippen LogP contribution < -0.4 is 0 Å². The van der Waals surface area contributed by atoms with Crippen molar-refractivity contribution >= 4 is 5.97 Å². The third kappa shape index (κ3) is 3.43. The molecule has 1 aliphatic heterocycles. The average Bonchev–Trinajstić information content (AvgIpc) is 3.15. The van der Waals surface area contributed by atoms with E-state index >= 15 is 0 Å². The normalized spacial score (nSPS) is 22.0. The molecule has 1 aliphatic rings. The van der Waals surface area contributed by atoms with Gasteiger partial charge in [0.2, 0.25) is 0 Å². The minimum absolute atomic E-state index is 0.0934. The van der Waals surface area contributed by atoms with E-state index in [4.69, 9.17) is 9.63 Å². The van der Waals surface area contributed by atoms with Gasteiger partial charge in [0.15, 0.2) is 5.76 Å². The summed E-state index contributed by atoms with van der Waals surface area (Å²) in [6, 6.07) is 10.9. The number of likely N-dealkylation sites (tertiary alicyclic amines) is 1. The van der Waals surface area contributed by atoms with Gasteiger partial charge in [-0.1, -0.05) is 35.5 Å². The van der Waals surface area contributed by atoms with Crippen LogP contribution in [0, 0.1) is 11.8 Å². The number of hydrogen-bond acceptors (Lipinski definition) is 4. The first-order chi connectivity index (χ1) is 11.3. The van der Waals surface area contributed by atoms with E-state index in [0.29, 0.717) is 11.5 Å². The molecule has 0 bridgehead atoms. The number of carboxylic acids is 1. The number of aliphatic carboxylic acids is 1. The molecule has 1 saturated heterocycles. The molecule has 0 saturated carbocycles. The number of nitrogens with zero attached hydrogens (tertiary/aromatic N) is 2. The number of alkyl halides is 3. The van der Waals surface area contributed by atoms with E-state index in [2.05, 4.69) is 5.16 Å². The highest BCUT2D eigenvalue weighted by molar-refractivity contribution is 5.71. The van der Waals surface area contributed by atoms with Crippen LogP contribution in [0.15, 0.2) is 40.9 Å². The molecule has 24 heavy (non-hydrogen) atoms. The number of carboxylic acid groups (broad SMARTS) is 1. The Morgan fingerprint density at radius 3 is 2.58 bits per heavy atom. The lowest BCUT2D eigenvalue weighted by Crippen LogP contribution is -2.33. The fourth-order valence-corrected chi connectivity index (χ4v) is 2.95. The number of benzene rings is 1. The molecule has 1 fully saturated rings. The summed E-state index contributed by atoms with van der Waals surface area (Å²) >= 11 is 0. The van der Waals surface area contributed by atoms with Gasteiger partial charge in [0.1, 0.15) is 5.69 Å². The van der Waals surface area contributed by atoms with Crippen molar-refractivity contribution in [1.82, 2.24) is 10.1 Å². The Kier molecular flexibility index (Phi) is 4.31. The van der Waals surface area contributed by atoms with Crippen molar-refractivity contribution in [2.24, 2.45) is 11.8 Å². The molecule has 0 unspecified atom stereocenters. The fourth-order valence-electron chi connectivity index (χ4n) is 2.95. The second-order valence-electron chi connectivity index (χ2n) is 5.83. The molecule has 1 N–H and O–H groups in total. The molecule has 128 valence electrons. The number of hydrogen-bond donors (Lipinski definition) is 1. The van der Waals surface area contributed by atoms with Gasteiger partial charge in [0.25, 0.3) is 0 Å². The van der Waals surface area contributed by atoms with Crippen LogP contribution in [0.25, 0.3) is 11.3 Å². The van der Waals surface area contributed by atoms with Gasteiger partial charge in [-0.15, -0.1) is 0 Å². The molecule has 1 aromatic heterocycles. The van der Waals surface area contributed by atoms with Gasteiger partial charge in [0, 0.05) is 24.7 Å². The zero-order valence-corrected chi connectivity index (χ0v) is 12.5. The van der Waals surface area contributed by atoms with Crippen molar-refractivity contribution in [3.05, 3.63) is 42.2 Å². The van der Waals surface area contributed by atoms with E-state index < -0.39 is 24.0 Å². The summed E-state index contributed by atoms with van der Waals surface area (Å²) in [5.41, 5.74) is 1.43. The SMILES string of the molecule is O=C(O)[C@@H]1CN(Cc2cc(-c3ccccc3)no2)C[C@H]1C(F)(F)F. The Labute approximate surface area is 135 Å². The number of aromatic nitrogens is 1. The highest BCUT2D eigenvalue weighted by Crippen LogP contribution is 2.38. The lowest BCUT2D eigenvalue weighted by atomic mass is 9.96. The van der Waals surface area contributed by atoms with Crippen molar-refractivity contribution in [3.63, 3.8) is 0 Å². The van der Waals surface area contributed by atoms with Gasteiger partial charge in [-0.2, -0.15) is 13.2 Å². The van der Waals surface area contributed by atoms with Crippen LogP contribution in [0.4, 0.5) is 13.2 Å². The summed E-state index contributed by atoms with van der Waals surface area (Å²) < 4.78 is 44.1. The van der Waals surface area contributed by atoms with Crippen LogP contribution in [0.3, 0.4) is 0 Å². The molecule has 0 aliphatic carbocycles. The molecule has 0 amide bonds. The van der Waals surface area contributed by atoms with Gasteiger partial charge >= 0.3 is 12.1 Å².